The minimum Gasteiger partial charge on any atom is -0.476 e. The Morgan fingerprint density at radius 2 is 2.36 bits per heavy atom. The summed E-state index contributed by atoms with van der Waals surface area (Å²) in [4.78, 5) is 10.5. The maximum absolute atomic E-state index is 10.5. The van der Waals surface area contributed by atoms with E-state index >= 15 is 0 Å². The van der Waals surface area contributed by atoms with Crippen LogP contribution in [0.5, 0.6) is 0 Å². The molecule has 0 aliphatic rings. The van der Waals surface area contributed by atoms with Crippen molar-refractivity contribution in [3.8, 4) is 0 Å². The Morgan fingerprint density at radius 1 is 1.82 bits per heavy atom. The first-order chi connectivity index (χ1) is 5.04. The summed E-state index contributed by atoms with van der Waals surface area (Å²) in [6.45, 7) is 0. The molecule has 1 aromatic heterocycles. The quantitative estimate of drug-likeness (QED) is 0.646. The second kappa shape index (κ2) is 2.43. The van der Waals surface area contributed by atoms with Crippen molar-refractivity contribution in [3.63, 3.8) is 0 Å². The number of hydrogen-bond donors (Lipinski definition) is 2. The lowest BCUT2D eigenvalue weighted by atomic mass is 10.4. The Labute approximate surface area is 67.4 Å². The number of aromatic nitrogens is 2. The van der Waals surface area contributed by atoms with Crippen molar-refractivity contribution in [1.29, 1.82) is 0 Å². The van der Waals surface area contributed by atoms with Crippen LogP contribution >= 0.6 is 11.6 Å². The van der Waals surface area contributed by atoms with Crippen molar-refractivity contribution in [1.82, 2.24) is 9.78 Å². The molecule has 5 nitrogen and oxygen atoms in total. The highest BCUT2D eigenvalue weighted by atomic mass is 35.5. The highest BCUT2D eigenvalue weighted by Crippen LogP contribution is 2.21. The van der Waals surface area contributed by atoms with Crippen LogP contribution in [-0.2, 0) is 7.05 Å². The molecule has 60 valence electrons. The number of carboxylic acid groups (broad SMARTS) is 1. The second-order valence-electron chi connectivity index (χ2n) is 1.98. The van der Waals surface area contributed by atoms with Crippen LogP contribution in [0, 0.1) is 0 Å². The Balaban J connectivity index is 3.34. The lowest BCUT2D eigenvalue weighted by molar-refractivity contribution is 0.0685. The zero-order chi connectivity index (χ0) is 8.59. The van der Waals surface area contributed by atoms with Crippen LogP contribution in [0.15, 0.2) is 0 Å². The van der Waals surface area contributed by atoms with Crippen LogP contribution in [0.3, 0.4) is 0 Å². The van der Waals surface area contributed by atoms with Crippen LogP contribution in [0.25, 0.3) is 0 Å². The molecular formula is C5H6ClN3O2. The van der Waals surface area contributed by atoms with Gasteiger partial charge in [0, 0.05) is 7.05 Å². The predicted octanol–water partition coefficient (Wildman–Crippen LogP) is 0.354. The van der Waals surface area contributed by atoms with E-state index < -0.39 is 5.97 Å². The van der Waals surface area contributed by atoms with E-state index in [2.05, 4.69) is 5.10 Å². The number of carboxylic acids is 1. The van der Waals surface area contributed by atoms with Gasteiger partial charge in [-0.2, -0.15) is 5.10 Å². The summed E-state index contributed by atoms with van der Waals surface area (Å²) in [6.07, 6.45) is 0. The molecule has 0 unspecified atom stereocenters. The molecule has 11 heavy (non-hydrogen) atoms. The molecule has 0 spiro atoms. The summed E-state index contributed by atoms with van der Waals surface area (Å²) in [5.41, 5.74) is 5.16. The van der Waals surface area contributed by atoms with Gasteiger partial charge in [0.15, 0.2) is 11.5 Å². The molecule has 1 rings (SSSR count). The Hall–Kier alpha value is -1.23. The van der Waals surface area contributed by atoms with E-state index in [1.54, 1.807) is 0 Å². The van der Waals surface area contributed by atoms with Crippen molar-refractivity contribution in [2.75, 3.05) is 5.73 Å². The van der Waals surface area contributed by atoms with Crippen molar-refractivity contribution in [2.45, 2.75) is 0 Å². The van der Waals surface area contributed by atoms with Gasteiger partial charge in [-0.1, -0.05) is 11.6 Å². The van der Waals surface area contributed by atoms with E-state index in [1.165, 1.54) is 7.05 Å². The molecule has 0 radical (unpaired) electrons. The number of hydrogen-bond acceptors (Lipinski definition) is 3. The summed E-state index contributed by atoms with van der Waals surface area (Å²) in [5.74, 6) is -1.10. The molecule has 0 amide bonds. The number of nitrogen functional groups attached to an aromatic ring is 1. The standard InChI is InChI=1S/C5H6ClN3O2/c1-9-3(5(10)11)2(6)4(7)8-9/h1H3,(H2,7,8)(H,10,11). The van der Waals surface area contributed by atoms with Gasteiger partial charge in [0.1, 0.15) is 5.02 Å². The predicted molar refractivity (Wildman–Crippen MR) is 39.6 cm³/mol. The van der Waals surface area contributed by atoms with Gasteiger partial charge < -0.3 is 10.8 Å². The molecule has 0 saturated heterocycles. The Kier molecular flexibility index (Phi) is 1.74. The normalized spacial score (nSPS) is 10.0. The van der Waals surface area contributed by atoms with Crippen molar-refractivity contribution >= 4 is 23.4 Å². The minimum absolute atomic E-state index is 0.0139. The monoisotopic (exact) mass is 175 g/mol. The van der Waals surface area contributed by atoms with Gasteiger partial charge in [-0.15, -0.1) is 0 Å². The summed E-state index contributed by atoms with van der Waals surface area (Å²) in [6, 6.07) is 0. The number of nitrogens with zero attached hydrogens (tertiary/aromatic N) is 2. The van der Waals surface area contributed by atoms with E-state index in [4.69, 9.17) is 22.4 Å². The fourth-order valence-corrected chi connectivity index (χ4v) is 0.992. The lowest BCUT2D eigenvalue weighted by Gasteiger charge is -1.92. The van der Waals surface area contributed by atoms with E-state index in [9.17, 15) is 4.79 Å². The largest absolute Gasteiger partial charge is 0.476 e. The average Bonchev–Trinajstić information content (AvgIpc) is 2.07. The second-order valence-corrected chi connectivity index (χ2v) is 2.35. The SMILES string of the molecule is Cn1nc(N)c(Cl)c1C(=O)O. The molecule has 1 aromatic rings. The van der Waals surface area contributed by atoms with Gasteiger partial charge in [0.05, 0.1) is 0 Å². The summed E-state index contributed by atoms with van der Waals surface area (Å²) in [7, 11) is 1.46. The van der Waals surface area contributed by atoms with Gasteiger partial charge in [0.2, 0.25) is 0 Å². The van der Waals surface area contributed by atoms with Crippen molar-refractivity contribution in [2.24, 2.45) is 7.05 Å². The van der Waals surface area contributed by atoms with E-state index in [-0.39, 0.29) is 16.5 Å². The maximum Gasteiger partial charge on any atom is 0.355 e. The number of rotatable bonds is 1. The summed E-state index contributed by atoms with van der Waals surface area (Å²) < 4.78 is 1.12. The van der Waals surface area contributed by atoms with Gasteiger partial charge in [-0.25, -0.2) is 4.79 Å². The summed E-state index contributed by atoms with van der Waals surface area (Å²) in [5, 5.41) is 12.2. The third-order valence-corrected chi connectivity index (χ3v) is 1.59. The molecule has 6 heteroatoms. The fraction of sp³-hybridized carbons (Fsp3) is 0.200. The van der Waals surface area contributed by atoms with Gasteiger partial charge in [-0.05, 0) is 0 Å². The molecule has 0 aromatic carbocycles. The van der Waals surface area contributed by atoms with Crippen LogP contribution < -0.4 is 5.73 Å². The molecule has 0 aliphatic carbocycles. The van der Waals surface area contributed by atoms with E-state index in [0.717, 1.165) is 4.68 Å². The zero-order valence-corrected chi connectivity index (χ0v) is 6.46. The lowest BCUT2D eigenvalue weighted by Crippen LogP contribution is -2.05. The molecule has 0 atom stereocenters. The van der Waals surface area contributed by atoms with Crippen LogP contribution in [0.4, 0.5) is 5.82 Å². The number of halogens is 1. The molecule has 0 bridgehead atoms. The maximum atomic E-state index is 10.5. The number of aryl methyl sites for hydroxylation is 1. The molecule has 0 aliphatic heterocycles. The Bertz CT molecular complexity index is 307. The van der Waals surface area contributed by atoms with E-state index in [1.807, 2.05) is 0 Å². The number of aromatic carboxylic acids is 1. The number of anilines is 1. The van der Waals surface area contributed by atoms with Gasteiger partial charge in [-0.3, -0.25) is 4.68 Å². The number of carbonyl (C=O) groups is 1. The summed E-state index contributed by atoms with van der Waals surface area (Å²) >= 11 is 5.52. The molecule has 0 fully saturated rings. The first-order valence-corrected chi connectivity index (χ1v) is 3.13. The van der Waals surface area contributed by atoms with E-state index in [0.29, 0.717) is 0 Å². The third-order valence-electron chi connectivity index (χ3n) is 1.22. The number of nitrogens with two attached hydrogens (primary N) is 1. The first-order valence-electron chi connectivity index (χ1n) is 2.75. The molecular weight excluding hydrogens is 170 g/mol. The zero-order valence-electron chi connectivity index (χ0n) is 5.71. The van der Waals surface area contributed by atoms with Crippen molar-refractivity contribution < 1.29 is 9.90 Å². The highest BCUT2D eigenvalue weighted by molar-refractivity contribution is 6.35. The minimum atomic E-state index is -1.14. The smallest absolute Gasteiger partial charge is 0.355 e. The van der Waals surface area contributed by atoms with Crippen LogP contribution in [0.2, 0.25) is 5.02 Å². The Morgan fingerprint density at radius 3 is 2.55 bits per heavy atom. The molecule has 3 N–H and O–H groups in total. The molecule has 0 saturated carbocycles. The van der Waals surface area contributed by atoms with Gasteiger partial charge in [0.25, 0.3) is 0 Å². The third kappa shape index (κ3) is 1.14. The fourth-order valence-electron chi connectivity index (χ4n) is 0.751. The van der Waals surface area contributed by atoms with Crippen LogP contribution in [-0.4, -0.2) is 20.9 Å². The average molecular weight is 176 g/mol. The first kappa shape index (κ1) is 7.87. The van der Waals surface area contributed by atoms with Gasteiger partial charge >= 0.3 is 5.97 Å². The van der Waals surface area contributed by atoms with Crippen LogP contribution in [0.1, 0.15) is 10.5 Å². The van der Waals surface area contributed by atoms with Crippen molar-refractivity contribution in [3.05, 3.63) is 10.7 Å². The highest BCUT2D eigenvalue weighted by Gasteiger charge is 2.17. The molecule has 1 heterocycles. The topological polar surface area (TPSA) is 81.1 Å².